The van der Waals surface area contributed by atoms with Crippen LogP contribution in [0.2, 0.25) is 0 Å². The van der Waals surface area contributed by atoms with Crippen molar-refractivity contribution in [3.8, 4) is 0 Å². The van der Waals surface area contributed by atoms with Gasteiger partial charge in [-0.05, 0) is 26.8 Å². The lowest BCUT2D eigenvalue weighted by molar-refractivity contribution is -0.158. The van der Waals surface area contributed by atoms with E-state index in [2.05, 4.69) is 4.90 Å². The summed E-state index contributed by atoms with van der Waals surface area (Å²) in [4.78, 5) is 13.9. The number of likely N-dealkylation sites (tertiary alicyclic amines) is 1. The van der Waals surface area contributed by atoms with Gasteiger partial charge < -0.3 is 14.7 Å². The van der Waals surface area contributed by atoms with Crippen molar-refractivity contribution < 1.29 is 14.6 Å². The second kappa shape index (κ2) is 5.64. The first-order valence-electron chi connectivity index (χ1n) is 6.11. The Bertz CT molecular complexity index is 244. The van der Waals surface area contributed by atoms with Crippen LogP contribution in [0.1, 0.15) is 33.1 Å². The van der Waals surface area contributed by atoms with Gasteiger partial charge in [0.25, 0.3) is 0 Å². The van der Waals surface area contributed by atoms with Gasteiger partial charge in [-0.3, -0.25) is 4.79 Å². The number of hydrogen-bond donors (Lipinski definition) is 1. The summed E-state index contributed by atoms with van der Waals surface area (Å²) in [5.74, 6) is -0.621. The number of aliphatic hydroxyl groups is 1. The highest BCUT2D eigenvalue weighted by Gasteiger charge is 2.45. The van der Waals surface area contributed by atoms with Crippen molar-refractivity contribution in [3.63, 3.8) is 0 Å². The summed E-state index contributed by atoms with van der Waals surface area (Å²) < 4.78 is 5.05. The average Bonchev–Trinajstić information content (AvgIpc) is 2.56. The van der Waals surface area contributed by atoms with Crippen molar-refractivity contribution in [2.24, 2.45) is 5.92 Å². The quantitative estimate of drug-likeness (QED) is 0.715. The van der Waals surface area contributed by atoms with Crippen LogP contribution in [0.15, 0.2) is 0 Å². The van der Waals surface area contributed by atoms with E-state index in [0.29, 0.717) is 26.0 Å². The standard InChI is InChI=1S/C12H23NO3/c1-4-6-10(11(14)16-5-2)12(15)7-8-13(3)9-12/h10,15H,4-9H2,1-3H3. The molecule has 94 valence electrons. The molecule has 1 fully saturated rings. The van der Waals surface area contributed by atoms with Crippen molar-refractivity contribution in [2.45, 2.75) is 38.7 Å². The van der Waals surface area contributed by atoms with Crippen LogP contribution in [0.4, 0.5) is 0 Å². The van der Waals surface area contributed by atoms with Gasteiger partial charge in [0, 0.05) is 13.1 Å². The molecule has 0 radical (unpaired) electrons. The zero-order chi connectivity index (χ0) is 12.2. The van der Waals surface area contributed by atoms with Gasteiger partial charge >= 0.3 is 5.97 Å². The maximum Gasteiger partial charge on any atom is 0.311 e. The smallest absolute Gasteiger partial charge is 0.311 e. The second-order valence-electron chi connectivity index (χ2n) is 4.68. The van der Waals surface area contributed by atoms with Crippen LogP contribution < -0.4 is 0 Å². The number of esters is 1. The predicted molar refractivity (Wildman–Crippen MR) is 62.1 cm³/mol. The molecule has 16 heavy (non-hydrogen) atoms. The van der Waals surface area contributed by atoms with E-state index in [0.717, 1.165) is 13.0 Å². The number of ether oxygens (including phenoxy) is 1. The minimum absolute atomic E-state index is 0.248. The highest BCUT2D eigenvalue weighted by atomic mass is 16.5. The normalized spacial score (nSPS) is 28.0. The van der Waals surface area contributed by atoms with E-state index in [9.17, 15) is 9.90 Å². The maximum atomic E-state index is 11.8. The van der Waals surface area contributed by atoms with Gasteiger partial charge in [0.2, 0.25) is 0 Å². The summed E-state index contributed by atoms with van der Waals surface area (Å²) >= 11 is 0. The van der Waals surface area contributed by atoms with Crippen molar-refractivity contribution in [1.29, 1.82) is 0 Å². The Labute approximate surface area is 97.6 Å². The van der Waals surface area contributed by atoms with Gasteiger partial charge in [0.1, 0.15) is 0 Å². The third kappa shape index (κ3) is 2.95. The molecule has 0 aliphatic carbocycles. The molecule has 1 N–H and O–H groups in total. The van der Waals surface area contributed by atoms with Gasteiger partial charge in [0.15, 0.2) is 0 Å². The SMILES string of the molecule is CCCC(C(=O)OCC)C1(O)CCN(C)C1. The molecule has 2 unspecified atom stereocenters. The lowest BCUT2D eigenvalue weighted by Gasteiger charge is -2.30. The summed E-state index contributed by atoms with van der Waals surface area (Å²) in [7, 11) is 1.96. The van der Waals surface area contributed by atoms with Crippen molar-refractivity contribution in [3.05, 3.63) is 0 Å². The van der Waals surface area contributed by atoms with Gasteiger partial charge in [0.05, 0.1) is 18.1 Å². The topological polar surface area (TPSA) is 49.8 Å². The first-order valence-corrected chi connectivity index (χ1v) is 6.11. The number of β-amino-alcohol motifs (C(OH)–C–C–N with tert-alkyl or cyclic N) is 1. The summed E-state index contributed by atoms with van der Waals surface area (Å²) in [5, 5.41) is 10.5. The minimum atomic E-state index is -0.892. The number of carbonyl (C=O) groups excluding carboxylic acids is 1. The number of rotatable bonds is 5. The van der Waals surface area contributed by atoms with E-state index in [1.165, 1.54) is 0 Å². The summed E-state index contributed by atoms with van der Waals surface area (Å²) in [6.07, 6.45) is 2.24. The van der Waals surface area contributed by atoms with Crippen LogP contribution in [0.5, 0.6) is 0 Å². The third-order valence-corrected chi connectivity index (χ3v) is 3.27. The number of carbonyl (C=O) groups is 1. The van der Waals surface area contributed by atoms with Crippen LogP contribution in [0.25, 0.3) is 0 Å². The Morgan fingerprint density at radius 3 is 2.69 bits per heavy atom. The molecule has 1 heterocycles. The van der Waals surface area contributed by atoms with Gasteiger partial charge in [-0.15, -0.1) is 0 Å². The Kier molecular flexibility index (Phi) is 4.74. The molecule has 1 aliphatic heterocycles. The van der Waals surface area contributed by atoms with Crippen molar-refractivity contribution in [2.75, 3.05) is 26.7 Å². The fourth-order valence-corrected chi connectivity index (χ4v) is 2.43. The van der Waals surface area contributed by atoms with Crippen LogP contribution >= 0.6 is 0 Å². The van der Waals surface area contributed by atoms with Gasteiger partial charge in [-0.25, -0.2) is 0 Å². The molecule has 4 nitrogen and oxygen atoms in total. The molecule has 0 spiro atoms. The van der Waals surface area contributed by atoms with Crippen LogP contribution in [-0.4, -0.2) is 48.3 Å². The van der Waals surface area contributed by atoms with E-state index in [1.807, 2.05) is 14.0 Å². The monoisotopic (exact) mass is 229 g/mol. The molecule has 0 bridgehead atoms. The zero-order valence-corrected chi connectivity index (χ0v) is 10.5. The summed E-state index contributed by atoms with van der Waals surface area (Å²) in [6.45, 7) is 5.61. The fourth-order valence-electron chi connectivity index (χ4n) is 2.43. The average molecular weight is 229 g/mol. The lowest BCUT2D eigenvalue weighted by Crippen LogP contribution is -2.45. The molecular weight excluding hydrogens is 206 g/mol. The van der Waals surface area contributed by atoms with Gasteiger partial charge in [-0.2, -0.15) is 0 Å². The molecule has 1 rings (SSSR count). The Hall–Kier alpha value is -0.610. The number of hydrogen-bond acceptors (Lipinski definition) is 4. The highest BCUT2D eigenvalue weighted by molar-refractivity contribution is 5.74. The molecule has 4 heteroatoms. The summed E-state index contributed by atoms with van der Waals surface area (Å²) in [5.41, 5.74) is -0.892. The van der Waals surface area contributed by atoms with E-state index in [4.69, 9.17) is 4.74 Å². The molecule has 0 saturated carbocycles. The molecule has 0 amide bonds. The predicted octanol–water partition coefficient (Wildman–Crippen LogP) is 1.03. The number of likely N-dealkylation sites (N-methyl/N-ethyl adjacent to an activating group) is 1. The molecule has 2 atom stereocenters. The zero-order valence-electron chi connectivity index (χ0n) is 10.5. The first-order chi connectivity index (χ1) is 7.53. The van der Waals surface area contributed by atoms with E-state index in [1.54, 1.807) is 6.92 Å². The lowest BCUT2D eigenvalue weighted by atomic mass is 9.83. The molecule has 0 aromatic rings. The minimum Gasteiger partial charge on any atom is -0.466 e. The largest absolute Gasteiger partial charge is 0.466 e. The van der Waals surface area contributed by atoms with E-state index >= 15 is 0 Å². The third-order valence-electron chi connectivity index (χ3n) is 3.27. The molecular formula is C12H23NO3. The summed E-state index contributed by atoms with van der Waals surface area (Å²) in [6, 6.07) is 0. The highest BCUT2D eigenvalue weighted by Crippen LogP contribution is 2.32. The molecule has 0 aromatic heterocycles. The van der Waals surface area contributed by atoms with Crippen LogP contribution in [0.3, 0.4) is 0 Å². The Morgan fingerprint density at radius 2 is 2.25 bits per heavy atom. The molecule has 1 aliphatic rings. The van der Waals surface area contributed by atoms with Crippen molar-refractivity contribution in [1.82, 2.24) is 4.90 Å². The Balaban J connectivity index is 2.72. The van der Waals surface area contributed by atoms with E-state index < -0.39 is 5.60 Å². The van der Waals surface area contributed by atoms with Gasteiger partial charge in [-0.1, -0.05) is 13.3 Å². The molecule has 1 saturated heterocycles. The van der Waals surface area contributed by atoms with Crippen LogP contribution in [-0.2, 0) is 9.53 Å². The van der Waals surface area contributed by atoms with Crippen LogP contribution in [0, 0.1) is 5.92 Å². The maximum absolute atomic E-state index is 11.8. The molecule has 0 aromatic carbocycles. The van der Waals surface area contributed by atoms with E-state index in [-0.39, 0.29) is 11.9 Å². The first kappa shape index (κ1) is 13.5. The number of nitrogens with zero attached hydrogens (tertiary/aromatic N) is 1. The van der Waals surface area contributed by atoms with Crippen molar-refractivity contribution >= 4 is 5.97 Å². The fraction of sp³-hybridized carbons (Fsp3) is 0.917. The Morgan fingerprint density at radius 1 is 1.56 bits per heavy atom. The second-order valence-corrected chi connectivity index (χ2v) is 4.68.